The first-order valence-electron chi connectivity index (χ1n) is 7.92. The molecule has 4 nitrogen and oxygen atoms in total. The predicted molar refractivity (Wildman–Crippen MR) is 76.3 cm³/mol. The number of likely N-dealkylation sites (tertiary alicyclic amines) is 1. The summed E-state index contributed by atoms with van der Waals surface area (Å²) in [6.07, 6.45) is 8.92. The van der Waals surface area contributed by atoms with E-state index in [0.29, 0.717) is 12.6 Å². The quantitative estimate of drug-likeness (QED) is 0.742. The van der Waals surface area contributed by atoms with Gasteiger partial charge in [-0.25, -0.2) is 0 Å². The van der Waals surface area contributed by atoms with E-state index >= 15 is 0 Å². The zero-order chi connectivity index (χ0) is 13.7. The van der Waals surface area contributed by atoms with Gasteiger partial charge in [0, 0.05) is 12.6 Å². The lowest BCUT2D eigenvalue weighted by molar-refractivity contribution is -0.140. The highest BCUT2D eigenvalue weighted by Crippen LogP contribution is 2.35. The SMILES string of the molecule is CCCNC(CN1CCCC1C1CCCC1)C(=O)O. The Labute approximate surface area is 116 Å². The summed E-state index contributed by atoms with van der Waals surface area (Å²) in [6, 6.07) is 0.245. The van der Waals surface area contributed by atoms with Crippen molar-refractivity contribution in [2.75, 3.05) is 19.6 Å². The van der Waals surface area contributed by atoms with Crippen molar-refractivity contribution >= 4 is 5.97 Å². The third kappa shape index (κ3) is 3.93. The molecule has 1 saturated carbocycles. The molecule has 1 heterocycles. The number of rotatable bonds is 7. The van der Waals surface area contributed by atoms with Crippen molar-refractivity contribution in [2.45, 2.75) is 64.0 Å². The Morgan fingerprint density at radius 3 is 2.68 bits per heavy atom. The van der Waals surface area contributed by atoms with Crippen molar-refractivity contribution in [1.29, 1.82) is 0 Å². The first-order valence-corrected chi connectivity index (χ1v) is 7.92. The molecular weight excluding hydrogens is 240 g/mol. The van der Waals surface area contributed by atoms with Gasteiger partial charge in [0.1, 0.15) is 6.04 Å². The van der Waals surface area contributed by atoms with Gasteiger partial charge in [-0.15, -0.1) is 0 Å². The number of aliphatic carboxylic acids is 1. The minimum Gasteiger partial charge on any atom is -0.480 e. The lowest BCUT2D eigenvalue weighted by Gasteiger charge is -2.31. The molecule has 0 bridgehead atoms. The van der Waals surface area contributed by atoms with Gasteiger partial charge >= 0.3 is 5.97 Å². The fourth-order valence-corrected chi connectivity index (χ4v) is 3.74. The van der Waals surface area contributed by atoms with Crippen molar-refractivity contribution in [2.24, 2.45) is 5.92 Å². The van der Waals surface area contributed by atoms with E-state index in [1.165, 1.54) is 38.5 Å². The second kappa shape index (κ2) is 7.25. The Balaban J connectivity index is 1.89. The van der Waals surface area contributed by atoms with Crippen LogP contribution in [0.15, 0.2) is 0 Å². The average molecular weight is 268 g/mol. The first-order chi connectivity index (χ1) is 9.22. The van der Waals surface area contributed by atoms with Gasteiger partial charge in [0.15, 0.2) is 0 Å². The van der Waals surface area contributed by atoms with Gasteiger partial charge in [0.25, 0.3) is 0 Å². The van der Waals surface area contributed by atoms with E-state index < -0.39 is 12.0 Å². The first kappa shape index (κ1) is 14.8. The number of carbonyl (C=O) groups is 1. The van der Waals surface area contributed by atoms with Crippen LogP contribution in [0, 0.1) is 5.92 Å². The molecule has 2 fully saturated rings. The fraction of sp³-hybridized carbons (Fsp3) is 0.933. The van der Waals surface area contributed by atoms with Crippen LogP contribution < -0.4 is 5.32 Å². The van der Waals surface area contributed by atoms with E-state index in [1.54, 1.807) is 0 Å². The van der Waals surface area contributed by atoms with E-state index in [0.717, 1.165) is 25.4 Å². The summed E-state index contributed by atoms with van der Waals surface area (Å²) >= 11 is 0. The highest BCUT2D eigenvalue weighted by atomic mass is 16.4. The van der Waals surface area contributed by atoms with Crippen molar-refractivity contribution in [3.8, 4) is 0 Å². The van der Waals surface area contributed by atoms with Gasteiger partial charge in [-0.2, -0.15) is 0 Å². The summed E-state index contributed by atoms with van der Waals surface area (Å²) < 4.78 is 0. The number of nitrogens with zero attached hydrogens (tertiary/aromatic N) is 1. The van der Waals surface area contributed by atoms with Crippen molar-refractivity contribution in [3.63, 3.8) is 0 Å². The molecule has 1 saturated heterocycles. The minimum absolute atomic E-state index is 0.401. The summed E-state index contributed by atoms with van der Waals surface area (Å²) in [4.78, 5) is 13.8. The maximum atomic E-state index is 11.3. The van der Waals surface area contributed by atoms with Crippen LogP contribution in [0.4, 0.5) is 0 Å². The molecule has 0 radical (unpaired) electrons. The highest BCUT2D eigenvalue weighted by molar-refractivity contribution is 5.73. The second-order valence-corrected chi connectivity index (χ2v) is 6.09. The van der Waals surface area contributed by atoms with Crippen LogP contribution >= 0.6 is 0 Å². The molecule has 2 rings (SSSR count). The lowest BCUT2D eigenvalue weighted by Crippen LogP contribution is -2.48. The topological polar surface area (TPSA) is 52.6 Å². The fourth-order valence-electron chi connectivity index (χ4n) is 3.74. The smallest absolute Gasteiger partial charge is 0.322 e. The number of hydrogen-bond acceptors (Lipinski definition) is 3. The van der Waals surface area contributed by atoms with Crippen LogP contribution in [0.5, 0.6) is 0 Å². The maximum Gasteiger partial charge on any atom is 0.322 e. The molecular formula is C15H28N2O2. The Hall–Kier alpha value is -0.610. The summed E-state index contributed by atoms with van der Waals surface area (Å²) in [5, 5.41) is 12.5. The molecule has 4 heteroatoms. The summed E-state index contributed by atoms with van der Waals surface area (Å²) in [7, 11) is 0. The van der Waals surface area contributed by atoms with Crippen molar-refractivity contribution < 1.29 is 9.90 Å². The second-order valence-electron chi connectivity index (χ2n) is 6.09. The number of carboxylic acid groups (broad SMARTS) is 1. The van der Waals surface area contributed by atoms with Crippen molar-refractivity contribution in [3.05, 3.63) is 0 Å². The standard InChI is InChI=1S/C15H28N2O2/c1-2-9-16-13(15(18)19)11-17-10-5-8-14(17)12-6-3-4-7-12/h12-14,16H,2-11H2,1H3,(H,18,19). The Bertz CT molecular complexity index is 290. The van der Waals surface area contributed by atoms with Crippen LogP contribution in [-0.4, -0.2) is 47.7 Å². The average Bonchev–Trinajstić information content (AvgIpc) is 3.04. The number of nitrogens with one attached hydrogen (secondary N) is 1. The lowest BCUT2D eigenvalue weighted by atomic mass is 9.96. The molecule has 2 atom stereocenters. The summed E-state index contributed by atoms with van der Waals surface area (Å²) in [5.41, 5.74) is 0. The molecule has 0 aromatic rings. The zero-order valence-electron chi connectivity index (χ0n) is 12.1. The summed E-state index contributed by atoms with van der Waals surface area (Å²) in [5.74, 6) is 0.119. The molecule has 0 spiro atoms. The number of carboxylic acids is 1. The molecule has 0 aromatic carbocycles. The zero-order valence-corrected chi connectivity index (χ0v) is 12.1. The third-order valence-corrected chi connectivity index (χ3v) is 4.71. The maximum absolute atomic E-state index is 11.3. The van der Waals surface area contributed by atoms with Crippen LogP contribution in [0.3, 0.4) is 0 Å². The summed E-state index contributed by atoms with van der Waals surface area (Å²) in [6.45, 7) is 4.62. The molecule has 0 amide bonds. The van der Waals surface area contributed by atoms with Crippen LogP contribution in [0.2, 0.25) is 0 Å². The van der Waals surface area contributed by atoms with Crippen LogP contribution in [-0.2, 0) is 4.79 Å². The molecule has 2 aliphatic rings. The Morgan fingerprint density at radius 1 is 1.32 bits per heavy atom. The molecule has 2 unspecified atom stereocenters. The van der Waals surface area contributed by atoms with E-state index in [4.69, 9.17) is 0 Å². The van der Waals surface area contributed by atoms with Gasteiger partial charge in [0.2, 0.25) is 0 Å². The predicted octanol–water partition coefficient (Wildman–Crippen LogP) is 2.09. The van der Waals surface area contributed by atoms with E-state index in [9.17, 15) is 9.90 Å². The normalized spacial score (nSPS) is 26.9. The molecule has 2 N–H and O–H groups in total. The van der Waals surface area contributed by atoms with Gasteiger partial charge < -0.3 is 10.4 Å². The molecule has 1 aliphatic carbocycles. The van der Waals surface area contributed by atoms with Gasteiger partial charge in [-0.1, -0.05) is 19.8 Å². The Morgan fingerprint density at radius 2 is 2.05 bits per heavy atom. The highest BCUT2D eigenvalue weighted by Gasteiger charge is 2.35. The van der Waals surface area contributed by atoms with Gasteiger partial charge in [-0.3, -0.25) is 9.69 Å². The van der Waals surface area contributed by atoms with Crippen LogP contribution in [0.1, 0.15) is 51.9 Å². The molecule has 110 valence electrons. The third-order valence-electron chi connectivity index (χ3n) is 4.71. The molecule has 1 aliphatic heterocycles. The van der Waals surface area contributed by atoms with E-state index in [2.05, 4.69) is 17.1 Å². The number of hydrogen-bond donors (Lipinski definition) is 2. The molecule has 19 heavy (non-hydrogen) atoms. The largest absolute Gasteiger partial charge is 0.480 e. The van der Waals surface area contributed by atoms with Crippen LogP contribution in [0.25, 0.3) is 0 Å². The van der Waals surface area contributed by atoms with E-state index in [-0.39, 0.29) is 0 Å². The minimum atomic E-state index is -0.703. The monoisotopic (exact) mass is 268 g/mol. The Kier molecular flexibility index (Phi) is 5.64. The van der Waals surface area contributed by atoms with Gasteiger partial charge in [0.05, 0.1) is 0 Å². The van der Waals surface area contributed by atoms with Gasteiger partial charge in [-0.05, 0) is 51.1 Å². The molecule has 0 aromatic heterocycles. The van der Waals surface area contributed by atoms with Crippen molar-refractivity contribution in [1.82, 2.24) is 10.2 Å². The van der Waals surface area contributed by atoms with E-state index in [1.807, 2.05) is 0 Å².